The van der Waals surface area contributed by atoms with Crippen molar-refractivity contribution in [3.8, 4) is 0 Å². The smallest absolute Gasteiger partial charge is 0.0588 e. The maximum Gasteiger partial charge on any atom is 0.0588 e. The van der Waals surface area contributed by atoms with E-state index >= 15 is 0 Å². The highest BCUT2D eigenvalue weighted by molar-refractivity contribution is 4.80. The Bertz CT molecular complexity index is 68.6. The van der Waals surface area contributed by atoms with E-state index in [1.165, 1.54) is 0 Å². The number of hydrogen-bond acceptors (Lipinski definition) is 3. The molecule has 10 heavy (non-hydrogen) atoms. The van der Waals surface area contributed by atoms with E-state index in [-0.39, 0.29) is 19.3 Å². The zero-order chi connectivity index (χ0) is 7.82. The average Bonchev–Trinajstić information content (AvgIpc) is 1.98. The molecule has 0 saturated heterocycles. The van der Waals surface area contributed by atoms with E-state index in [1.807, 2.05) is 0 Å². The van der Waals surface area contributed by atoms with E-state index in [4.69, 9.17) is 10.2 Å². The molecule has 1 unspecified atom stereocenters. The zero-order valence-corrected chi connectivity index (χ0v) is 6.38. The first-order valence-corrected chi connectivity index (χ1v) is 3.63. The largest absolute Gasteiger partial charge is 0.396 e. The first kappa shape index (κ1) is 9.88. The van der Waals surface area contributed by atoms with Crippen molar-refractivity contribution in [1.82, 2.24) is 5.32 Å². The van der Waals surface area contributed by atoms with E-state index in [2.05, 4.69) is 12.2 Å². The molecule has 3 heteroatoms. The van der Waals surface area contributed by atoms with Crippen LogP contribution in [-0.4, -0.2) is 36.0 Å². The van der Waals surface area contributed by atoms with Gasteiger partial charge in [-0.1, -0.05) is 6.92 Å². The minimum atomic E-state index is -0.0510. The van der Waals surface area contributed by atoms with Crippen LogP contribution in [0.3, 0.4) is 0 Å². The molecule has 1 radical (unpaired) electrons. The van der Waals surface area contributed by atoms with E-state index in [1.54, 1.807) is 6.42 Å². The van der Waals surface area contributed by atoms with Crippen molar-refractivity contribution in [2.24, 2.45) is 0 Å². The van der Waals surface area contributed by atoms with Crippen LogP contribution in [0.2, 0.25) is 0 Å². The highest BCUT2D eigenvalue weighted by atomic mass is 16.3. The molecule has 3 nitrogen and oxygen atoms in total. The van der Waals surface area contributed by atoms with Crippen LogP contribution in [0.4, 0.5) is 0 Å². The molecule has 1 atom stereocenters. The molecule has 0 aromatic heterocycles. The van der Waals surface area contributed by atoms with Crippen LogP contribution in [0.25, 0.3) is 0 Å². The van der Waals surface area contributed by atoms with E-state index in [0.29, 0.717) is 0 Å². The Hall–Kier alpha value is -0.120. The molecule has 0 amide bonds. The summed E-state index contributed by atoms with van der Waals surface area (Å²) in [6, 6.07) is -0.0510. The van der Waals surface area contributed by atoms with Gasteiger partial charge < -0.3 is 15.5 Å². The maximum absolute atomic E-state index is 8.68. The molecule has 0 bridgehead atoms. The van der Waals surface area contributed by atoms with Gasteiger partial charge in [0.15, 0.2) is 0 Å². The minimum Gasteiger partial charge on any atom is -0.396 e. The van der Waals surface area contributed by atoms with Crippen LogP contribution in [0.5, 0.6) is 0 Å². The highest BCUT2D eigenvalue weighted by Gasteiger charge is 2.03. The highest BCUT2D eigenvalue weighted by Crippen LogP contribution is 1.87. The van der Waals surface area contributed by atoms with Crippen LogP contribution in [-0.2, 0) is 0 Å². The van der Waals surface area contributed by atoms with E-state index < -0.39 is 0 Å². The summed E-state index contributed by atoms with van der Waals surface area (Å²) in [4.78, 5) is 0. The van der Waals surface area contributed by atoms with Gasteiger partial charge in [0, 0.05) is 19.1 Å². The summed E-state index contributed by atoms with van der Waals surface area (Å²) in [6.07, 6.45) is 2.69. The van der Waals surface area contributed by atoms with Gasteiger partial charge in [-0.25, -0.2) is 0 Å². The lowest BCUT2D eigenvalue weighted by molar-refractivity contribution is 0.237. The van der Waals surface area contributed by atoms with Crippen molar-refractivity contribution in [1.29, 1.82) is 0 Å². The van der Waals surface area contributed by atoms with Crippen molar-refractivity contribution >= 4 is 0 Å². The Morgan fingerprint density at radius 1 is 1.50 bits per heavy atom. The molecule has 0 aromatic rings. The van der Waals surface area contributed by atoms with Gasteiger partial charge in [-0.15, -0.1) is 0 Å². The lowest BCUT2D eigenvalue weighted by Crippen LogP contribution is -2.34. The summed E-state index contributed by atoms with van der Waals surface area (Å²) in [5.74, 6) is 0. The van der Waals surface area contributed by atoms with E-state index in [9.17, 15) is 0 Å². The molecule has 3 N–H and O–H groups in total. The molecule has 0 aliphatic heterocycles. The summed E-state index contributed by atoms with van der Waals surface area (Å²) < 4.78 is 0. The average molecular weight is 146 g/mol. The molecular formula is C7H16NO2. The van der Waals surface area contributed by atoms with Crippen LogP contribution in [0.15, 0.2) is 0 Å². The van der Waals surface area contributed by atoms with Gasteiger partial charge in [-0.05, 0) is 13.0 Å². The fraction of sp³-hybridized carbons (Fsp3) is 0.857. The van der Waals surface area contributed by atoms with Gasteiger partial charge in [0.25, 0.3) is 0 Å². The third-order valence-electron chi connectivity index (χ3n) is 1.24. The first-order valence-electron chi connectivity index (χ1n) is 3.63. The first-order chi connectivity index (χ1) is 4.85. The molecule has 0 aliphatic rings. The lowest BCUT2D eigenvalue weighted by atomic mass is 10.2. The van der Waals surface area contributed by atoms with Gasteiger partial charge in [0.1, 0.15) is 0 Å². The summed E-state index contributed by atoms with van der Waals surface area (Å²) >= 11 is 0. The molecule has 0 spiro atoms. The molecule has 0 rings (SSSR count). The lowest BCUT2D eigenvalue weighted by Gasteiger charge is -2.12. The number of nitrogens with one attached hydrogen (secondary N) is 1. The second kappa shape index (κ2) is 6.99. The Morgan fingerprint density at radius 2 is 2.20 bits per heavy atom. The molecule has 0 fully saturated rings. The minimum absolute atomic E-state index is 0.0158. The Kier molecular flexibility index (Phi) is 6.91. The normalized spacial score (nSPS) is 13.5. The summed E-state index contributed by atoms with van der Waals surface area (Å²) in [7, 11) is 0. The fourth-order valence-electron chi connectivity index (χ4n) is 0.679. The predicted molar refractivity (Wildman–Crippen MR) is 40.6 cm³/mol. The molecule has 0 saturated carbocycles. The predicted octanol–water partition coefficient (Wildman–Crippen LogP) is -0.457. The quantitative estimate of drug-likeness (QED) is 0.475. The second-order valence-electron chi connectivity index (χ2n) is 2.16. The topological polar surface area (TPSA) is 52.5 Å². The van der Waals surface area contributed by atoms with Crippen molar-refractivity contribution < 1.29 is 10.2 Å². The van der Waals surface area contributed by atoms with Crippen molar-refractivity contribution in [2.75, 3.05) is 19.8 Å². The van der Waals surface area contributed by atoms with Crippen LogP contribution in [0.1, 0.15) is 13.3 Å². The van der Waals surface area contributed by atoms with Crippen LogP contribution in [0, 0.1) is 6.42 Å². The third kappa shape index (κ3) is 4.73. The van der Waals surface area contributed by atoms with Gasteiger partial charge in [0.2, 0.25) is 0 Å². The van der Waals surface area contributed by atoms with Crippen molar-refractivity contribution in [2.45, 2.75) is 19.4 Å². The second-order valence-corrected chi connectivity index (χ2v) is 2.16. The third-order valence-corrected chi connectivity index (χ3v) is 1.24. The summed E-state index contributed by atoms with van der Waals surface area (Å²) in [5.41, 5.74) is 0. The Labute approximate surface area is 62.1 Å². The van der Waals surface area contributed by atoms with Crippen molar-refractivity contribution in [3.63, 3.8) is 0 Å². The van der Waals surface area contributed by atoms with Gasteiger partial charge in [0.05, 0.1) is 6.61 Å². The van der Waals surface area contributed by atoms with Gasteiger partial charge in [-0.3, -0.25) is 0 Å². The van der Waals surface area contributed by atoms with Crippen LogP contribution >= 0.6 is 0 Å². The van der Waals surface area contributed by atoms with Gasteiger partial charge >= 0.3 is 0 Å². The Balaban J connectivity index is 3.21. The molecule has 0 aliphatic carbocycles. The summed E-state index contributed by atoms with van der Waals surface area (Å²) in [5, 5.41) is 20.2. The fourth-order valence-corrected chi connectivity index (χ4v) is 0.679. The van der Waals surface area contributed by atoms with Gasteiger partial charge in [-0.2, -0.15) is 0 Å². The molecule has 0 aromatic carbocycles. The SMILES string of the molecule is CCCNC([CH]CO)CO. The number of hydrogen-bond donors (Lipinski definition) is 3. The summed E-state index contributed by atoms with van der Waals surface area (Å²) in [6.45, 7) is 3.00. The standard InChI is InChI=1S/C7H16NO2/c1-2-4-8-7(6-10)3-5-9/h3,7-10H,2,4-6H2,1H3. The number of rotatable bonds is 6. The monoisotopic (exact) mass is 146 g/mol. The van der Waals surface area contributed by atoms with E-state index in [0.717, 1.165) is 13.0 Å². The number of aliphatic hydroxyl groups excluding tert-OH is 2. The Morgan fingerprint density at radius 3 is 2.60 bits per heavy atom. The van der Waals surface area contributed by atoms with Crippen molar-refractivity contribution in [3.05, 3.63) is 6.42 Å². The molecular weight excluding hydrogens is 130 g/mol. The van der Waals surface area contributed by atoms with Crippen LogP contribution < -0.4 is 5.32 Å². The molecule has 61 valence electrons. The molecule has 0 heterocycles. The maximum atomic E-state index is 8.68. The zero-order valence-electron chi connectivity index (χ0n) is 6.38. The number of aliphatic hydroxyl groups is 2.